The monoisotopic (exact) mass is 328 g/mol. The molecule has 0 atom stereocenters. The molecule has 120 valence electrons. The van der Waals surface area contributed by atoms with Gasteiger partial charge < -0.3 is 4.98 Å². The second kappa shape index (κ2) is 5.49. The minimum Gasteiger partial charge on any atom is -0.329 e. The number of rotatable bonds is 3. The minimum absolute atomic E-state index is 0.0265. The number of imidazole rings is 1. The lowest BCUT2D eigenvalue weighted by molar-refractivity contribution is 0.587. The van der Waals surface area contributed by atoms with Crippen LogP contribution in [0, 0.1) is 0 Å². The average Bonchev–Trinajstić information content (AvgIpc) is 2.91. The van der Waals surface area contributed by atoms with Crippen molar-refractivity contribution in [2.75, 3.05) is 0 Å². The van der Waals surface area contributed by atoms with Gasteiger partial charge in [-0.2, -0.15) is 0 Å². The topological polar surface area (TPSA) is 62.8 Å². The number of aromatic nitrogens is 2. The van der Waals surface area contributed by atoms with Gasteiger partial charge in [-0.3, -0.25) is 0 Å². The second-order valence-corrected chi connectivity index (χ2v) is 8.67. The summed E-state index contributed by atoms with van der Waals surface area (Å²) in [6, 6.07) is 15.0. The van der Waals surface area contributed by atoms with Crippen LogP contribution in [0.3, 0.4) is 0 Å². The molecule has 3 aromatic rings. The highest BCUT2D eigenvalue weighted by Crippen LogP contribution is 2.24. The molecule has 0 saturated heterocycles. The van der Waals surface area contributed by atoms with E-state index in [1.54, 1.807) is 6.07 Å². The van der Waals surface area contributed by atoms with Gasteiger partial charge in [-0.05, 0) is 28.7 Å². The van der Waals surface area contributed by atoms with Crippen molar-refractivity contribution in [3.8, 4) is 0 Å². The van der Waals surface area contributed by atoms with Crippen molar-refractivity contribution in [1.82, 2.24) is 9.97 Å². The first-order valence-corrected chi connectivity index (χ1v) is 9.18. The average molecular weight is 328 g/mol. The number of nitrogens with zero attached hydrogens (tertiary/aromatic N) is 1. The van der Waals surface area contributed by atoms with Gasteiger partial charge in [-0.1, -0.05) is 57.2 Å². The van der Waals surface area contributed by atoms with Gasteiger partial charge in [0.25, 0.3) is 0 Å². The minimum atomic E-state index is -3.49. The number of sulfone groups is 1. The third-order valence-corrected chi connectivity index (χ3v) is 5.33. The van der Waals surface area contributed by atoms with E-state index in [1.165, 1.54) is 5.56 Å². The maximum absolute atomic E-state index is 12.6. The number of para-hydroxylation sites is 2. The third kappa shape index (κ3) is 3.29. The van der Waals surface area contributed by atoms with Crippen molar-refractivity contribution >= 4 is 20.9 Å². The third-order valence-electron chi connectivity index (χ3n) is 3.84. The van der Waals surface area contributed by atoms with Crippen LogP contribution >= 0.6 is 0 Å². The number of nitrogens with one attached hydrogen (secondary N) is 1. The molecule has 1 heterocycles. The van der Waals surface area contributed by atoms with Crippen molar-refractivity contribution in [2.45, 2.75) is 37.1 Å². The Morgan fingerprint density at radius 2 is 1.65 bits per heavy atom. The zero-order chi connectivity index (χ0) is 16.7. The molecule has 0 aliphatic rings. The van der Waals surface area contributed by atoms with Gasteiger partial charge >= 0.3 is 0 Å². The lowest BCUT2D eigenvalue weighted by Crippen LogP contribution is -2.11. The van der Waals surface area contributed by atoms with E-state index in [2.05, 4.69) is 30.7 Å². The normalized spacial score (nSPS) is 12.7. The van der Waals surface area contributed by atoms with Gasteiger partial charge in [-0.25, -0.2) is 13.4 Å². The first-order valence-electron chi connectivity index (χ1n) is 7.53. The molecule has 4 nitrogen and oxygen atoms in total. The predicted molar refractivity (Wildman–Crippen MR) is 92.1 cm³/mol. The van der Waals surface area contributed by atoms with E-state index >= 15 is 0 Å². The summed E-state index contributed by atoms with van der Waals surface area (Å²) in [5, 5.41) is 0.0265. The zero-order valence-corrected chi connectivity index (χ0v) is 14.3. The summed E-state index contributed by atoms with van der Waals surface area (Å²) in [6.45, 7) is 6.40. The van der Waals surface area contributed by atoms with E-state index in [4.69, 9.17) is 0 Å². The van der Waals surface area contributed by atoms with E-state index in [1.807, 2.05) is 42.5 Å². The van der Waals surface area contributed by atoms with Crippen LogP contribution in [0.1, 0.15) is 31.9 Å². The number of fused-ring (bicyclic) bond motifs is 1. The Hall–Kier alpha value is -2.14. The van der Waals surface area contributed by atoms with Crippen LogP contribution in [0.5, 0.6) is 0 Å². The van der Waals surface area contributed by atoms with Crippen molar-refractivity contribution in [2.24, 2.45) is 0 Å². The Labute approximate surface area is 136 Å². The Kier molecular flexibility index (Phi) is 3.76. The molecule has 0 bridgehead atoms. The molecule has 1 N–H and O–H groups in total. The van der Waals surface area contributed by atoms with Crippen LogP contribution in [0.4, 0.5) is 0 Å². The number of hydrogen-bond donors (Lipinski definition) is 1. The SMILES string of the molecule is CC(C)(C)c1ccc(CS(=O)(=O)c2nc3ccccc3[nH]2)cc1. The first-order chi connectivity index (χ1) is 10.8. The molecular weight excluding hydrogens is 308 g/mol. The largest absolute Gasteiger partial charge is 0.329 e. The van der Waals surface area contributed by atoms with Crippen LogP contribution < -0.4 is 0 Å². The summed E-state index contributed by atoms with van der Waals surface area (Å²) < 4.78 is 25.1. The summed E-state index contributed by atoms with van der Waals surface area (Å²) >= 11 is 0. The molecule has 0 fully saturated rings. The summed E-state index contributed by atoms with van der Waals surface area (Å²) in [4.78, 5) is 7.09. The maximum Gasteiger partial charge on any atom is 0.226 e. The summed E-state index contributed by atoms with van der Waals surface area (Å²) in [5.74, 6) is -0.0583. The van der Waals surface area contributed by atoms with Crippen LogP contribution in [0.15, 0.2) is 53.7 Å². The molecule has 1 aromatic heterocycles. The highest BCUT2D eigenvalue weighted by molar-refractivity contribution is 7.90. The first kappa shape index (κ1) is 15.7. The van der Waals surface area contributed by atoms with Gasteiger partial charge in [0.1, 0.15) is 0 Å². The van der Waals surface area contributed by atoms with E-state index in [0.29, 0.717) is 5.52 Å². The molecule has 0 unspecified atom stereocenters. The number of H-pyrrole nitrogens is 1. The smallest absolute Gasteiger partial charge is 0.226 e. The molecule has 2 aromatic carbocycles. The van der Waals surface area contributed by atoms with Gasteiger partial charge in [0.15, 0.2) is 0 Å². The Bertz CT molecular complexity index is 900. The Balaban J connectivity index is 1.88. The van der Waals surface area contributed by atoms with Crippen molar-refractivity contribution in [3.05, 3.63) is 59.7 Å². The lowest BCUT2D eigenvalue weighted by atomic mass is 9.87. The van der Waals surface area contributed by atoms with Crippen LogP contribution in [0.2, 0.25) is 0 Å². The van der Waals surface area contributed by atoms with Crippen molar-refractivity contribution in [1.29, 1.82) is 0 Å². The Morgan fingerprint density at radius 1 is 1.00 bits per heavy atom. The molecule has 0 saturated carbocycles. The molecule has 0 radical (unpaired) electrons. The number of benzene rings is 2. The van der Waals surface area contributed by atoms with E-state index < -0.39 is 9.84 Å². The van der Waals surface area contributed by atoms with Gasteiger partial charge in [0.05, 0.1) is 16.8 Å². The van der Waals surface area contributed by atoms with E-state index in [0.717, 1.165) is 11.1 Å². The van der Waals surface area contributed by atoms with Crippen LogP contribution in [-0.2, 0) is 21.0 Å². The predicted octanol–water partition coefficient (Wildman–Crippen LogP) is 3.83. The van der Waals surface area contributed by atoms with E-state index in [-0.39, 0.29) is 16.3 Å². The van der Waals surface area contributed by atoms with Gasteiger partial charge in [-0.15, -0.1) is 0 Å². The fourth-order valence-corrected chi connectivity index (χ4v) is 3.74. The lowest BCUT2D eigenvalue weighted by Gasteiger charge is -2.19. The molecule has 23 heavy (non-hydrogen) atoms. The molecule has 0 aliphatic carbocycles. The standard InChI is InChI=1S/C18H20N2O2S/c1-18(2,3)14-10-8-13(9-11-14)12-23(21,22)17-19-15-6-4-5-7-16(15)20-17/h4-11H,12H2,1-3H3,(H,19,20). The molecule has 0 spiro atoms. The second-order valence-electron chi connectivity index (χ2n) is 6.77. The highest BCUT2D eigenvalue weighted by Gasteiger charge is 2.20. The molecule has 3 rings (SSSR count). The molecule has 0 aliphatic heterocycles. The molecule has 0 amide bonds. The Morgan fingerprint density at radius 3 is 2.26 bits per heavy atom. The van der Waals surface area contributed by atoms with Crippen molar-refractivity contribution in [3.63, 3.8) is 0 Å². The summed E-state index contributed by atoms with van der Waals surface area (Å²) in [6.07, 6.45) is 0. The number of aromatic amines is 1. The van der Waals surface area contributed by atoms with E-state index in [9.17, 15) is 8.42 Å². The molecule has 5 heteroatoms. The maximum atomic E-state index is 12.6. The van der Waals surface area contributed by atoms with Crippen molar-refractivity contribution < 1.29 is 8.42 Å². The van der Waals surface area contributed by atoms with Crippen LogP contribution in [-0.4, -0.2) is 18.4 Å². The summed E-state index contributed by atoms with van der Waals surface area (Å²) in [5.41, 5.74) is 3.39. The quantitative estimate of drug-likeness (QED) is 0.794. The fourth-order valence-electron chi connectivity index (χ4n) is 2.47. The highest BCUT2D eigenvalue weighted by atomic mass is 32.2. The van der Waals surface area contributed by atoms with Gasteiger partial charge in [0.2, 0.25) is 15.0 Å². The zero-order valence-electron chi connectivity index (χ0n) is 13.5. The fraction of sp³-hybridized carbons (Fsp3) is 0.278. The molecular formula is C18H20N2O2S. The van der Waals surface area contributed by atoms with Crippen LogP contribution in [0.25, 0.3) is 11.0 Å². The number of hydrogen-bond acceptors (Lipinski definition) is 3. The van der Waals surface area contributed by atoms with Gasteiger partial charge in [0, 0.05) is 0 Å². The summed E-state index contributed by atoms with van der Waals surface area (Å²) in [7, 11) is -3.49.